The van der Waals surface area contributed by atoms with E-state index in [1.54, 1.807) is 24.3 Å². The van der Waals surface area contributed by atoms with E-state index in [0.717, 1.165) is 11.0 Å². The van der Waals surface area contributed by atoms with E-state index in [9.17, 15) is 18.5 Å². The van der Waals surface area contributed by atoms with Crippen LogP contribution in [0.25, 0.3) is 6.08 Å². The number of nitrogens with zero attached hydrogens (tertiary/aromatic N) is 1. The zero-order valence-corrected chi connectivity index (χ0v) is 12.9. The molecule has 0 aliphatic heterocycles. The number of hydrogen-bond donors (Lipinski definition) is 0. The summed E-state index contributed by atoms with van der Waals surface area (Å²) < 4.78 is 24.0. The van der Waals surface area contributed by atoms with Crippen molar-refractivity contribution in [1.29, 1.82) is 0 Å². The maximum atomic E-state index is 12.0. The lowest BCUT2D eigenvalue weighted by atomic mass is 10.2. The molecule has 0 aromatic heterocycles. The average Bonchev–Trinajstić information content (AvgIpc) is 2.47. The van der Waals surface area contributed by atoms with Gasteiger partial charge >= 0.3 is 0 Å². The fraction of sp³-hybridized carbons (Fsp3) is 0.0667. The summed E-state index contributed by atoms with van der Waals surface area (Å²) >= 11 is 5.75. The van der Waals surface area contributed by atoms with Gasteiger partial charge in [-0.1, -0.05) is 35.9 Å². The molecular formula is C15H12ClNO4S. The van der Waals surface area contributed by atoms with E-state index >= 15 is 0 Å². The van der Waals surface area contributed by atoms with Gasteiger partial charge in [0.15, 0.2) is 9.84 Å². The van der Waals surface area contributed by atoms with Crippen LogP contribution >= 0.6 is 11.6 Å². The lowest BCUT2D eigenvalue weighted by Gasteiger charge is -2.00. The molecule has 0 radical (unpaired) electrons. The largest absolute Gasteiger partial charge is 0.269 e. The van der Waals surface area contributed by atoms with Gasteiger partial charge in [0.1, 0.15) is 0 Å². The van der Waals surface area contributed by atoms with Crippen LogP contribution in [0.1, 0.15) is 11.1 Å². The van der Waals surface area contributed by atoms with E-state index in [0.29, 0.717) is 10.6 Å². The van der Waals surface area contributed by atoms with Crippen LogP contribution in [0, 0.1) is 10.1 Å². The molecule has 5 nitrogen and oxygen atoms in total. The first-order valence-electron chi connectivity index (χ1n) is 6.25. The maximum absolute atomic E-state index is 12.0. The van der Waals surface area contributed by atoms with E-state index in [-0.39, 0.29) is 11.4 Å². The Kier molecular flexibility index (Phi) is 4.95. The van der Waals surface area contributed by atoms with E-state index in [1.807, 2.05) is 0 Å². The minimum absolute atomic E-state index is 0.0714. The summed E-state index contributed by atoms with van der Waals surface area (Å²) in [7, 11) is -3.46. The Hall–Kier alpha value is -2.18. The fourth-order valence-electron chi connectivity index (χ4n) is 1.75. The van der Waals surface area contributed by atoms with Gasteiger partial charge in [0.05, 0.1) is 10.7 Å². The van der Waals surface area contributed by atoms with Gasteiger partial charge in [-0.15, -0.1) is 0 Å². The van der Waals surface area contributed by atoms with Crippen molar-refractivity contribution in [3.05, 3.63) is 80.2 Å². The topological polar surface area (TPSA) is 77.3 Å². The van der Waals surface area contributed by atoms with Gasteiger partial charge in [-0.25, -0.2) is 8.42 Å². The van der Waals surface area contributed by atoms with E-state index in [2.05, 4.69) is 0 Å². The molecule has 2 rings (SSSR count). The van der Waals surface area contributed by atoms with Crippen molar-refractivity contribution in [2.24, 2.45) is 0 Å². The van der Waals surface area contributed by atoms with Crippen LogP contribution in [-0.2, 0) is 15.6 Å². The summed E-state index contributed by atoms with van der Waals surface area (Å²) in [5.41, 5.74) is 1.14. The third kappa shape index (κ3) is 4.68. The number of rotatable bonds is 5. The smallest absolute Gasteiger partial charge is 0.258 e. The highest BCUT2D eigenvalue weighted by atomic mass is 35.5. The molecule has 0 aliphatic carbocycles. The number of benzene rings is 2. The standard InChI is InChI=1S/C15H12ClNO4S/c16-14-5-1-12(2-6-14)9-10-22(20,21)11-13-3-7-15(8-4-13)17(18)19/h1-10H,11H2/b10-9+. The first-order chi connectivity index (χ1) is 10.4. The van der Waals surface area contributed by atoms with Crippen molar-refractivity contribution < 1.29 is 13.3 Å². The minimum atomic E-state index is -3.46. The maximum Gasteiger partial charge on any atom is 0.269 e. The molecule has 0 spiro atoms. The third-order valence-corrected chi connectivity index (χ3v) is 4.39. The van der Waals surface area contributed by atoms with Crippen molar-refractivity contribution >= 4 is 33.2 Å². The highest BCUT2D eigenvalue weighted by Gasteiger charge is 2.10. The highest BCUT2D eigenvalue weighted by Crippen LogP contribution is 2.16. The zero-order chi connectivity index (χ0) is 16.2. The molecule has 0 heterocycles. The van der Waals surface area contributed by atoms with Gasteiger partial charge < -0.3 is 0 Å². The van der Waals surface area contributed by atoms with Gasteiger partial charge in [0.2, 0.25) is 0 Å². The molecule has 0 fully saturated rings. The minimum Gasteiger partial charge on any atom is -0.258 e. The lowest BCUT2D eigenvalue weighted by Crippen LogP contribution is -2.00. The summed E-state index contributed by atoms with van der Waals surface area (Å²) in [6.45, 7) is 0. The summed E-state index contributed by atoms with van der Waals surface area (Å²) in [5, 5.41) is 12.2. The summed E-state index contributed by atoms with van der Waals surface area (Å²) in [5.74, 6) is -0.213. The average molecular weight is 338 g/mol. The molecule has 0 aliphatic rings. The molecule has 0 amide bonds. The molecular weight excluding hydrogens is 326 g/mol. The van der Waals surface area contributed by atoms with Crippen molar-refractivity contribution in [2.45, 2.75) is 5.75 Å². The summed E-state index contributed by atoms with van der Waals surface area (Å²) in [6.07, 6.45) is 1.48. The molecule has 2 aromatic carbocycles. The lowest BCUT2D eigenvalue weighted by molar-refractivity contribution is -0.384. The van der Waals surface area contributed by atoms with Crippen LogP contribution in [-0.4, -0.2) is 13.3 Å². The first-order valence-corrected chi connectivity index (χ1v) is 8.35. The van der Waals surface area contributed by atoms with Crippen LogP contribution < -0.4 is 0 Å². The molecule has 0 unspecified atom stereocenters. The molecule has 0 saturated heterocycles. The number of non-ortho nitro benzene ring substituents is 1. The Balaban J connectivity index is 2.10. The predicted molar refractivity (Wildman–Crippen MR) is 86.2 cm³/mol. The molecule has 2 aromatic rings. The van der Waals surface area contributed by atoms with Crippen LogP contribution in [0.5, 0.6) is 0 Å². The number of nitro groups is 1. The van der Waals surface area contributed by atoms with Crippen molar-refractivity contribution in [3.63, 3.8) is 0 Å². The predicted octanol–water partition coefficient (Wildman–Crippen LogP) is 3.83. The number of halogens is 1. The van der Waals surface area contributed by atoms with Gasteiger partial charge in [-0.05, 0) is 29.3 Å². The fourth-order valence-corrected chi connectivity index (χ4v) is 2.99. The molecule has 0 N–H and O–H groups in total. The Labute approximate surface area is 132 Å². The van der Waals surface area contributed by atoms with Crippen molar-refractivity contribution in [3.8, 4) is 0 Å². The number of nitro benzene ring substituents is 1. The normalized spacial score (nSPS) is 11.7. The van der Waals surface area contributed by atoms with E-state index < -0.39 is 14.8 Å². The van der Waals surface area contributed by atoms with Crippen LogP contribution in [0.15, 0.2) is 53.9 Å². The number of hydrogen-bond acceptors (Lipinski definition) is 4. The van der Waals surface area contributed by atoms with E-state index in [4.69, 9.17) is 11.6 Å². The Morgan fingerprint density at radius 3 is 2.18 bits per heavy atom. The quantitative estimate of drug-likeness (QED) is 0.613. The van der Waals surface area contributed by atoms with Crippen LogP contribution in [0.2, 0.25) is 5.02 Å². The monoisotopic (exact) mass is 337 g/mol. The van der Waals surface area contributed by atoms with Crippen molar-refractivity contribution in [2.75, 3.05) is 0 Å². The number of sulfone groups is 1. The van der Waals surface area contributed by atoms with Crippen molar-refractivity contribution in [1.82, 2.24) is 0 Å². The molecule has 22 heavy (non-hydrogen) atoms. The third-order valence-electron chi connectivity index (χ3n) is 2.85. The van der Waals surface area contributed by atoms with Gasteiger partial charge in [-0.2, -0.15) is 0 Å². The summed E-state index contributed by atoms with van der Waals surface area (Å²) in [4.78, 5) is 10.0. The second-order valence-electron chi connectivity index (χ2n) is 4.59. The molecule has 7 heteroatoms. The zero-order valence-electron chi connectivity index (χ0n) is 11.3. The Bertz CT molecular complexity index is 796. The van der Waals surface area contributed by atoms with E-state index in [1.165, 1.54) is 30.3 Å². The molecule has 0 bridgehead atoms. The van der Waals surface area contributed by atoms with Gasteiger partial charge in [0, 0.05) is 22.6 Å². The molecule has 114 valence electrons. The molecule has 0 atom stereocenters. The second kappa shape index (κ2) is 6.72. The molecule has 0 saturated carbocycles. The van der Waals surface area contributed by atoms with Gasteiger partial charge in [0.25, 0.3) is 5.69 Å². The SMILES string of the molecule is O=[N+]([O-])c1ccc(CS(=O)(=O)/C=C/c2ccc(Cl)cc2)cc1. The Morgan fingerprint density at radius 1 is 1.05 bits per heavy atom. The first kappa shape index (κ1) is 16.2. The second-order valence-corrected chi connectivity index (χ2v) is 6.91. The highest BCUT2D eigenvalue weighted by molar-refractivity contribution is 7.93. The summed E-state index contributed by atoms with van der Waals surface area (Å²) in [6, 6.07) is 12.2. The van der Waals surface area contributed by atoms with Crippen LogP contribution in [0.3, 0.4) is 0 Å². The van der Waals surface area contributed by atoms with Gasteiger partial charge in [-0.3, -0.25) is 10.1 Å². The van der Waals surface area contributed by atoms with Crippen LogP contribution in [0.4, 0.5) is 5.69 Å². The Morgan fingerprint density at radius 2 is 1.64 bits per heavy atom.